The number of carbonyl (C=O) groups excluding carboxylic acids is 2. The van der Waals surface area contributed by atoms with Crippen LogP contribution >= 0.6 is 12.6 Å². The Hall–Kier alpha value is -1.29. The molecule has 2 atom stereocenters. The van der Waals surface area contributed by atoms with Crippen LogP contribution in [0.1, 0.15) is 20.8 Å². The van der Waals surface area contributed by atoms with Crippen LogP contribution in [0.4, 0.5) is 0 Å². The predicted molar refractivity (Wildman–Crippen MR) is 71.5 cm³/mol. The molecular weight excluding hydrogens is 234 g/mol. The SMILES string of the molecule is C\C=C/C=C(\C=C/C)N1C(=O)C(C)C(S)C1=O. The lowest BCUT2D eigenvalue weighted by Gasteiger charge is -2.15. The molecule has 1 fully saturated rings. The van der Waals surface area contributed by atoms with Gasteiger partial charge >= 0.3 is 0 Å². The number of carbonyl (C=O) groups is 2. The van der Waals surface area contributed by atoms with E-state index in [1.54, 1.807) is 31.2 Å². The third-order valence-corrected chi connectivity index (χ3v) is 3.28. The second kappa shape index (κ2) is 5.87. The van der Waals surface area contributed by atoms with Crippen molar-refractivity contribution in [2.45, 2.75) is 26.0 Å². The Morgan fingerprint density at radius 2 is 1.88 bits per heavy atom. The first-order chi connectivity index (χ1) is 8.04. The Morgan fingerprint density at radius 1 is 1.24 bits per heavy atom. The molecule has 0 bridgehead atoms. The minimum absolute atomic E-state index is 0.191. The molecule has 1 saturated heterocycles. The number of rotatable bonds is 3. The summed E-state index contributed by atoms with van der Waals surface area (Å²) < 4.78 is 0. The van der Waals surface area contributed by atoms with E-state index in [4.69, 9.17) is 0 Å². The predicted octanol–water partition coefficient (Wildman–Crippen LogP) is 2.33. The lowest BCUT2D eigenvalue weighted by Crippen LogP contribution is -2.29. The molecule has 0 spiro atoms. The largest absolute Gasteiger partial charge is 0.274 e. The first kappa shape index (κ1) is 13.8. The number of allylic oxidation sites excluding steroid dienone is 5. The fourth-order valence-corrected chi connectivity index (χ4v) is 1.86. The van der Waals surface area contributed by atoms with Gasteiger partial charge in [0.1, 0.15) is 0 Å². The molecule has 92 valence electrons. The van der Waals surface area contributed by atoms with Gasteiger partial charge < -0.3 is 0 Å². The Balaban J connectivity index is 3.12. The Morgan fingerprint density at radius 3 is 2.29 bits per heavy atom. The van der Waals surface area contributed by atoms with Crippen LogP contribution in [0, 0.1) is 5.92 Å². The fourth-order valence-electron chi connectivity index (χ4n) is 1.62. The number of likely N-dealkylation sites (tertiary alicyclic amines) is 1. The van der Waals surface area contributed by atoms with E-state index in [1.165, 1.54) is 4.90 Å². The van der Waals surface area contributed by atoms with Crippen LogP contribution in [-0.4, -0.2) is 22.0 Å². The smallest absolute Gasteiger partial charge is 0.247 e. The zero-order valence-electron chi connectivity index (χ0n) is 10.3. The zero-order chi connectivity index (χ0) is 13.0. The molecule has 1 heterocycles. The van der Waals surface area contributed by atoms with Crippen LogP contribution in [0.15, 0.2) is 36.1 Å². The monoisotopic (exact) mass is 251 g/mol. The highest BCUT2D eigenvalue weighted by atomic mass is 32.1. The molecule has 2 unspecified atom stereocenters. The highest BCUT2D eigenvalue weighted by molar-refractivity contribution is 7.82. The highest BCUT2D eigenvalue weighted by Crippen LogP contribution is 2.27. The summed E-state index contributed by atoms with van der Waals surface area (Å²) in [5.74, 6) is -0.811. The van der Waals surface area contributed by atoms with Gasteiger partial charge in [-0.25, -0.2) is 4.90 Å². The maximum Gasteiger partial charge on any atom is 0.247 e. The molecular formula is C13H17NO2S. The number of imide groups is 1. The molecule has 4 heteroatoms. The molecule has 0 saturated carbocycles. The molecule has 2 amide bonds. The molecule has 1 rings (SSSR count). The van der Waals surface area contributed by atoms with Gasteiger partial charge in [-0.15, -0.1) is 0 Å². The van der Waals surface area contributed by atoms with Crippen molar-refractivity contribution in [3.8, 4) is 0 Å². The van der Waals surface area contributed by atoms with E-state index in [0.29, 0.717) is 5.70 Å². The minimum Gasteiger partial charge on any atom is -0.274 e. The van der Waals surface area contributed by atoms with Gasteiger partial charge in [-0.05, 0) is 26.0 Å². The van der Waals surface area contributed by atoms with E-state index in [9.17, 15) is 9.59 Å². The van der Waals surface area contributed by atoms with Crippen molar-refractivity contribution in [1.29, 1.82) is 0 Å². The number of hydrogen-bond donors (Lipinski definition) is 1. The normalized spacial score (nSPS) is 26.8. The molecule has 0 aliphatic carbocycles. The summed E-state index contributed by atoms with van der Waals surface area (Å²) in [4.78, 5) is 25.1. The second-order valence-electron chi connectivity index (χ2n) is 3.86. The maximum atomic E-state index is 12.0. The molecule has 1 aliphatic heterocycles. The van der Waals surface area contributed by atoms with E-state index >= 15 is 0 Å². The summed E-state index contributed by atoms with van der Waals surface area (Å²) in [7, 11) is 0. The summed E-state index contributed by atoms with van der Waals surface area (Å²) in [5.41, 5.74) is 0.587. The lowest BCUT2D eigenvalue weighted by molar-refractivity contribution is -0.136. The quantitative estimate of drug-likeness (QED) is 0.475. The summed E-state index contributed by atoms with van der Waals surface area (Å²) in [6.07, 6.45) is 8.93. The van der Waals surface area contributed by atoms with Gasteiger partial charge in [0.2, 0.25) is 11.8 Å². The van der Waals surface area contributed by atoms with Gasteiger partial charge in [-0.3, -0.25) is 9.59 Å². The van der Waals surface area contributed by atoms with Crippen LogP contribution < -0.4 is 0 Å². The topological polar surface area (TPSA) is 37.4 Å². The lowest BCUT2D eigenvalue weighted by atomic mass is 10.1. The van der Waals surface area contributed by atoms with Gasteiger partial charge in [0, 0.05) is 0 Å². The van der Waals surface area contributed by atoms with Gasteiger partial charge in [0.15, 0.2) is 0 Å². The molecule has 0 aromatic carbocycles. The van der Waals surface area contributed by atoms with Crippen LogP contribution in [0.2, 0.25) is 0 Å². The van der Waals surface area contributed by atoms with Crippen LogP contribution in [0.3, 0.4) is 0 Å². The number of nitrogens with zero attached hydrogens (tertiary/aromatic N) is 1. The number of hydrogen-bond acceptors (Lipinski definition) is 3. The van der Waals surface area contributed by atoms with Crippen molar-refractivity contribution in [3.63, 3.8) is 0 Å². The van der Waals surface area contributed by atoms with Crippen LogP contribution in [0.5, 0.6) is 0 Å². The molecule has 1 aliphatic rings. The average Bonchev–Trinajstić information content (AvgIpc) is 2.50. The fraction of sp³-hybridized carbons (Fsp3) is 0.385. The van der Waals surface area contributed by atoms with E-state index in [0.717, 1.165) is 0 Å². The van der Waals surface area contributed by atoms with Gasteiger partial charge in [-0.2, -0.15) is 12.6 Å². The standard InChI is InChI=1S/C13H17NO2S/c1-4-6-8-10(7-5-2)14-12(15)9(3)11(17)13(14)16/h4-9,11,17H,1-3H3/b6-4-,7-5-,10-8+. The summed E-state index contributed by atoms with van der Waals surface area (Å²) >= 11 is 4.17. The van der Waals surface area contributed by atoms with Crippen LogP contribution in [-0.2, 0) is 9.59 Å². The molecule has 17 heavy (non-hydrogen) atoms. The van der Waals surface area contributed by atoms with E-state index in [2.05, 4.69) is 12.6 Å². The van der Waals surface area contributed by atoms with Crippen molar-refractivity contribution in [1.82, 2.24) is 4.90 Å². The van der Waals surface area contributed by atoms with Gasteiger partial charge in [0.05, 0.1) is 16.9 Å². The average molecular weight is 251 g/mol. The van der Waals surface area contributed by atoms with Crippen molar-refractivity contribution >= 4 is 24.4 Å². The van der Waals surface area contributed by atoms with Crippen molar-refractivity contribution in [2.24, 2.45) is 5.92 Å². The minimum atomic E-state index is -0.540. The summed E-state index contributed by atoms with van der Waals surface area (Å²) in [5, 5.41) is -0.540. The third kappa shape index (κ3) is 2.69. The van der Waals surface area contributed by atoms with E-state index in [-0.39, 0.29) is 17.7 Å². The summed E-state index contributed by atoms with van der Waals surface area (Å²) in [6.45, 7) is 5.44. The van der Waals surface area contributed by atoms with E-state index in [1.807, 2.05) is 19.9 Å². The Kier molecular flexibility index (Phi) is 4.75. The van der Waals surface area contributed by atoms with Crippen LogP contribution in [0.25, 0.3) is 0 Å². The highest BCUT2D eigenvalue weighted by Gasteiger charge is 2.44. The first-order valence-corrected chi connectivity index (χ1v) is 6.07. The second-order valence-corrected chi connectivity index (χ2v) is 4.42. The van der Waals surface area contributed by atoms with E-state index < -0.39 is 5.25 Å². The maximum absolute atomic E-state index is 12.0. The Labute approximate surface area is 107 Å². The molecule has 0 radical (unpaired) electrons. The zero-order valence-corrected chi connectivity index (χ0v) is 11.1. The molecule has 0 N–H and O–H groups in total. The first-order valence-electron chi connectivity index (χ1n) is 5.56. The third-order valence-electron chi connectivity index (χ3n) is 2.61. The number of thiol groups is 1. The summed E-state index contributed by atoms with van der Waals surface area (Å²) in [6, 6.07) is 0. The van der Waals surface area contributed by atoms with Crippen molar-refractivity contribution in [2.75, 3.05) is 0 Å². The molecule has 0 aromatic rings. The van der Waals surface area contributed by atoms with Gasteiger partial charge in [-0.1, -0.05) is 25.2 Å². The Bertz CT molecular complexity index is 390. The molecule has 3 nitrogen and oxygen atoms in total. The van der Waals surface area contributed by atoms with Gasteiger partial charge in [0.25, 0.3) is 0 Å². The van der Waals surface area contributed by atoms with Crippen molar-refractivity contribution < 1.29 is 9.59 Å². The number of amides is 2. The van der Waals surface area contributed by atoms with Crippen molar-refractivity contribution in [3.05, 3.63) is 36.1 Å². The molecule has 0 aromatic heterocycles.